The van der Waals surface area contributed by atoms with Gasteiger partial charge in [-0.25, -0.2) is 0 Å². The van der Waals surface area contributed by atoms with Crippen molar-refractivity contribution in [2.75, 3.05) is 17.7 Å². The number of hydrogen-bond acceptors (Lipinski definition) is 5. The summed E-state index contributed by atoms with van der Waals surface area (Å²) in [6.45, 7) is 1.71. The Bertz CT molecular complexity index is 788. The van der Waals surface area contributed by atoms with Crippen molar-refractivity contribution in [3.8, 4) is 0 Å². The van der Waals surface area contributed by atoms with Crippen molar-refractivity contribution in [2.45, 2.75) is 19.4 Å². The summed E-state index contributed by atoms with van der Waals surface area (Å²) in [5.41, 5.74) is 2.07. The van der Waals surface area contributed by atoms with E-state index in [1.54, 1.807) is 26.1 Å². The number of nitrogens with one attached hydrogen (secondary N) is 3. The maximum Gasteiger partial charge on any atom is 0.269 e. The van der Waals surface area contributed by atoms with Crippen molar-refractivity contribution in [1.29, 1.82) is 0 Å². The molecule has 0 heterocycles. The standard InChI is InChI=1S/C18H20N4O4/c1-12(18(24)21-15-7-9-16(10-8-15)22(25)26)20-14-5-3-13(4-6-14)11-17(23)19-2/h3-10,12,20H,11H2,1-2H3,(H,19,23)(H,21,24). The lowest BCUT2D eigenvalue weighted by Gasteiger charge is -2.15. The number of amides is 2. The molecule has 0 aliphatic rings. The molecule has 1 atom stereocenters. The molecular weight excluding hydrogens is 336 g/mol. The van der Waals surface area contributed by atoms with E-state index in [0.717, 1.165) is 11.3 Å². The topological polar surface area (TPSA) is 113 Å². The molecule has 0 aromatic heterocycles. The Morgan fingerprint density at radius 1 is 1.04 bits per heavy atom. The van der Waals surface area contributed by atoms with Crippen LogP contribution in [0.5, 0.6) is 0 Å². The molecule has 0 saturated heterocycles. The average Bonchev–Trinajstić information content (AvgIpc) is 2.63. The summed E-state index contributed by atoms with van der Waals surface area (Å²) in [7, 11) is 1.59. The third-order valence-corrected chi connectivity index (χ3v) is 3.72. The Labute approximate surface area is 150 Å². The number of rotatable bonds is 7. The summed E-state index contributed by atoms with van der Waals surface area (Å²) in [6.07, 6.45) is 0.299. The van der Waals surface area contributed by atoms with Crippen LogP contribution in [0.3, 0.4) is 0 Å². The molecule has 2 aromatic carbocycles. The molecule has 8 heteroatoms. The highest BCUT2D eigenvalue weighted by molar-refractivity contribution is 5.96. The Kier molecular flexibility index (Phi) is 6.26. The fourth-order valence-corrected chi connectivity index (χ4v) is 2.23. The summed E-state index contributed by atoms with van der Waals surface area (Å²) in [5, 5.41) is 19.0. The normalized spacial score (nSPS) is 11.3. The number of nitrogens with zero attached hydrogens (tertiary/aromatic N) is 1. The number of likely N-dealkylation sites (N-methyl/N-ethyl adjacent to an activating group) is 1. The first-order chi connectivity index (χ1) is 12.4. The highest BCUT2D eigenvalue weighted by Crippen LogP contribution is 2.16. The lowest BCUT2D eigenvalue weighted by molar-refractivity contribution is -0.384. The molecule has 0 radical (unpaired) electrons. The van der Waals surface area contributed by atoms with Gasteiger partial charge in [-0.15, -0.1) is 0 Å². The van der Waals surface area contributed by atoms with Crippen molar-refractivity contribution >= 4 is 28.9 Å². The average molecular weight is 356 g/mol. The minimum Gasteiger partial charge on any atom is -0.374 e. The van der Waals surface area contributed by atoms with Gasteiger partial charge in [0, 0.05) is 30.6 Å². The van der Waals surface area contributed by atoms with Crippen molar-refractivity contribution in [3.63, 3.8) is 0 Å². The van der Waals surface area contributed by atoms with Crippen LogP contribution in [0.25, 0.3) is 0 Å². The van der Waals surface area contributed by atoms with Crippen molar-refractivity contribution in [3.05, 3.63) is 64.2 Å². The van der Waals surface area contributed by atoms with Gasteiger partial charge in [-0.2, -0.15) is 0 Å². The largest absolute Gasteiger partial charge is 0.374 e. The van der Waals surface area contributed by atoms with Gasteiger partial charge in [0.2, 0.25) is 11.8 Å². The lowest BCUT2D eigenvalue weighted by atomic mass is 10.1. The molecule has 3 N–H and O–H groups in total. The van der Waals surface area contributed by atoms with Crippen LogP contribution in [0.15, 0.2) is 48.5 Å². The van der Waals surface area contributed by atoms with E-state index in [9.17, 15) is 19.7 Å². The number of nitro groups is 1. The Morgan fingerprint density at radius 2 is 1.62 bits per heavy atom. The van der Waals surface area contributed by atoms with E-state index in [-0.39, 0.29) is 17.5 Å². The third kappa shape index (κ3) is 5.30. The molecule has 0 bridgehead atoms. The number of benzene rings is 2. The Hall–Kier alpha value is -3.42. The lowest BCUT2D eigenvalue weighted by Crippen LogP contribution is -2.31. The summed E-state index contributed by atoms with van der Waals surface area (Å²) in [4.78, 5) is 33.7. The second-order valence-corrected chi connectivity index (χ2v) is 5.71. The third-order valence-electron chi connectivity index (χ3n) is 3.72. The van der Waals surface area contributed by atoms with E-state index >= 15 is 0 Å². The van der Waals surface area contributed by atoms with Crippen LogP contribution in [-0.4, -0.2) is 29.8 Å². The van der Waals surface area contributed by atoms with E-state index in [2.05, 4.69) is 16.0 Å². The van der Waals surface area contributed by atoms with Gasteiger partial charge in [0.05, 0.1) is 11.3 Å². The summed E-state index contributed by atoms with van der Waals surface area (Å²) >= 11 is 0. The maximum absolute atomic E-state index is 12.2. The van der Waals surface area contributed by atoms with Gasteiger partial charge in [0.25, 0.3) is 5.69 Å². The number of carbonyl (C=O) groups excluding carboxylic acids is 2. The Morgan fingerprint density at radius 3 is 2.15 bits per heavy atom. The van der Waals surface area contributed by atoms with Gasteiger partial charge < -0.3 is 16.0 Å². The van der Waals surface area contributed by atoms with Gasteiger partial charge in [0.1, 0.15) is 6.04 Å². The zero-order chi connectivity index (χ0) is 19.1. The van der Waals surface area contributed by atoms with Crippen LogP contribution in [0.4, 0.5) is 17.1 Å². The van der Waals surface area contributed by atoms with Crippen molar-refractivity contribution < 1.29 is 14.5 Å². The summed E-state index contributed by atoms with van der Waals surface area (Å²) in [6, 6.07) is 12.3. The minimum atomic E-state index is -0.519. The van der Waals surface area contributed by atoms with Gasteiger partial charge in [0.15, 0.2) is 0 Å². The first-order valence-electron chi connectivity index (χ1n) is 8.00. The quantitative estimate of drug-likeness (QED) is 0.520. The zero-order valence-electron chi connectivity index (χ0n) is 14.5. The second kappa shape index (κ2) is 8.61. The monoisotopic (exact) mass is 356 g/mol. The Balaban J connectivity index is 1.91. The maximum atomic E-state index is 12.2. The predicted molar refractivity (Wildman–Crippen MR) is 99.0 cm³/mol. The van der Waals surface area contributed by atoms with Crippen LogP contribution in [0.2, 0.25) is 0 Å². The molecule has 0 saturated carbocycles. The molecule has 2 rings (SSSR count). The smallest absolute Gasteiger partial charge is 0.269 e. The van der Waals surface area contributed by atoms with E-state index < -0.39 is 11.0 Å². The van der Waals surface area contributed by atoms with Crippen LogP contribution >= 0.6 is 0 Å². The molecule has 8 nitrogen and oxygen atoms in total. The summed E-state index contributed by atoms with van der Waals surface area (Å²) < 4.78 is 0. The number of non-ortho nitro benzene ring substituents is 1. The number of anilines is 2. The van der Waals surface area contributed by atoms with Gasteiger partial charge in [-0.1, -0.05) is 12.1 Å². The highest BCUT2D eigenvalue weighted by Gasteiger charge is 2.14. The fourth-order valence-electron chi connectivity index (χ4n) is 2.23. The first-order valence-corrected chi connectivity index (χ1v) is 8.00. The van der Waals surface area contributed by atoms with Crippen LogP contribution < -0.4 is 16.0 Å². The van der Waals surface area contributed by atoms with Gasteiger partial charge >= 0.3 is 0 Å². The van der Waals surface area contributed by atoms with Gasteiger partial charge in [-0.3, -0.25) is 19.7 Å². The number of carbonyl (C=O) groups is 2. The van der Waals surface area contributed by atoms with Crippen LogP contribution in [-0.2, 0) is 16.0 Å². The molecular formula is C18H20N4O4. The molecule has 26 heavy (non-hydrogen) atoms. The van der Waals surface area contributed by atoms with E-state index in [1.165, 1.54) is 24.3 Å². The van der Waals surface area contributed by atoms with Gasteiger partial charge in [-0.05, 0) is 36.8 Å². The highest BCUT2D eigenvalue weighted by atomic mass is 16.6. The van der Waals surface area contributed by atoms with Crippen molar-refractivity contribution in [2.24, 2.45) is 0 Å². The van der Waals surface area contributed by atoms with E-state index in [1.807, 2.05) is 12.1 Å². The molecule has 2 aromatic rings. The van der Waals surface area contributed by atoms with Crippen molar-refractivity contribution in [1.82, 2.24) is 5.32 Å². The second-order valence-electron chi connectivity index (χ2n) is 5.71. The number of hydrogen-bond donors (Lipinski definition) is 3. The van der Waals surface area contributed by atoms with E-state index in [4.69, 9.17) is 0 Å². The van der Waals surface area contributed by atoms with Crippen LogP contribution in [0, 0.1) is 10.1 Å². The van der Waals surface area contributed by atoms with Crippen LogP contribution in [0.1, 0.15) is 12.5 Å². The molecule has 1 unspecified atom stereocenters. The molecule has 2 amide bonds. The molecule has 136 valence electrons. The molecule has 0 fully saturated rings. The fraction of sp³-hybridized carbons (Fsp3) is 0.222. The molecule has 0 aliphatic heterocycles. The minimum absolute atomic E-state index is 0.0361. The SMILES string of the molecule is CNC(=O)Cc1ccc(NC(C)C(=O)Nc2ccc([N+](=O)[O-])cc2)cc1. The summed E-state index contributed by atoms with van der Waals surface area (Å²) in [5.74, 6) is -0.338. The molecule has 0 aliphatic carbocycles. The molecule has 0 spiro atoms. The zero-order valence-corrected chi connectivity index (χ0v) is 14.5. The number of nitro benzene ring substituents is 1. The first kappa shape index (κ1) is 18.9. The predicted octanol–water partition coefficient (Wildman–Crippen LogP) is 2.32. The van der Waals surface area contributed by atoms with E-state index in [0.29, 0.717) is 12.1 Å².